The number of rotatable bonds is 2. The molecule has 0 atom stereocenters. The van der Waals surface area contributed by atoms with Crippen LogP contribution in [0.3, 0.4) is 0 Å². The fourth-order valence-corrected chi connectivity index (χ4v) is 4.88. The number of benzene rings is 2. The zero-order valence-corrected chi connectivity index (χ0v) is 20.2. The van der Waals surface area contributed by atoms with Crippen LogP contribution in [0.1, 0.15) is 43.0 Å². The van der Waals surface area contributed by atoms with Crippen molar-refractivity contribution in [2.24, 2.45) is 4.99 Å². The molecule has 4 nitrogen and oxygen atoms in total. The molecule has 0 unspecified atom stereocenters. The summed E-state index contributed by atoms with van der Waals surface area (Å²) in [6.45, 7) is 10.6. The van der Waals surface area contributed by atoms with E-state index >= 15 is 0 Å². The molecule has 2 heterocycles. The van der Waals surface area contributed by atoms with Crippen LogP contribution in [0, 0.1) is 13.8 Å². The largest absolute Gasteiger partial charge is 0.365 e. The van der Waals surface area contributed by atoms with Gasteiger partial charge in [-0.05, 0) is 99.0 Å². The number of nitrogens with one attached hydrogen (secondary N) is 1. The minimum absolute atomic E-state index is 0.0821. The third-order valence-electron chi connectivity index (χ3n) is 5.99. The van der Waals surface area contributed by atoms with Crippen LogP contribution in [0.25, 0.3) is 11.6 Å². The molecule has 0 spiro atoms. The van der Waals surface area contributed by atoms with E-state index < -0.39 is 0 Å². The highest BCUT2D eigenvalue weighted by Gasteiger charge is 2.30. The SMILES string of the molecule is CC1=CC(C)(C)N(C)c2cc(Cl)c(/C=C3/SC(=Nc4ccc(C)c(C)c4)NC3=O)cc21. The van der Waals surface area contributed by atoms with Crippen molar-refractivity contribution in [1.82, 2.24) is 5.32 Å². The molecule has 4 rings (SSSR count). The average Bonchev–Trinajstić information content (AvgIpc) is 3.02. The zero-order valence-electron chi connectivity index (χ0n) is 18.6. The van der Waals surface area contributed by atoms with Gasteiger partial charge in [0.05, 0.1) is 16.1 Å². The Hall–Kier alpha value is -2.50. The second kappa shape index (κ2) is 7.88. The van der Waals surface area contributed by atoms with E-state index in [1.165, 1.54) is 28.5 Å². The summed E-state index contributed by atoms with van der Waals surface area (Å²) in [5, 5.41) is 4.06. The van der Waals surface area contributed by atoms with Crippen LogP contribution in [0.2, 0.25) is 5.02 Å². The number of nitrogens with zero attached hydrogens (tertiary/aromatic N) is 2. The van der Waals surface area contributed by atoms with Crippen LogP contribution in [0.15, 0.2) is 46.3 Å². The predicted octanol–water partition coefficient (Wildman–Crippen LogP) is 6.48. The number of hydrogen-bond donors (Lipinski definition) is 1. The molecule has 0 bridgehead atoms. The Morgan fingerprint density at radius 2 is 1.87 bits per heavy atom. The lowest BCUT2D eigenvalue weighted by Crippen LogP contribution is -2.42. The van der Waals surface area contributed by atoms with Crippen LogP contribution in [-0.4, -0.2) is 23.7 Å². The molecular formula is C25H26ClN3OS. The number of thioether (sulfide) groups is 1. The van der Waals surface area contributed by atoms with Gasteiger partial charge >= 0.3 is 0 Å². The monoisotopic (exact) mass is 451 g/mol. The van der Waals surface area contributed by atoms with Crippen molar-refractivity contribution in [2.45, 2.75) is 40.2 Å². The Labute approximate surface area is 193 Å². The molecule has 2 aromatic carbocycles. The first-order valence-electron chi connectivity index (χ1n) is 10.2. The van der Waals surface area contributed by atoms with E-state index in [1.54, 1.807) is 0 Å². The fourth-order valence-electron chi connectivity index (χ4n) is 3.83. The van der Waals surface area contributed by atoms with Gasteiger partial charge in [0.25, 0.3) is 5.91 Å². The van der Waals surface area contributed by atoms with Crippen molar-refractivity contribution in [3.05, 3.63) is 68.6 Å². The molecule has 1 fully saturated rings. The molecule has 1 N–H and O–H groups in total. The molecule has 0 aliphatic carbocycles. The van der Waals surface area contributed by atoms with Crippen molar-refractivity contribution >= 4 is 57.5 Å². The maximum absolute atomic E-state index is 12.6. The Morgan fingerprint density at radius 3 is 2.58 bits per heavy atom. The summed E-state index contributed by atoms with van der Waals surface area (Å²) in [6.07, 6.45) is 4.10. The van der Waals surface area contributed by atoms with E-state index in [0.29, 0.717) is 15.1 Å². The molecule has 0 aromatic heterocycles. The van der Waals surface area contributed by atoms with E-state index in [4.69, 9.17) is 11.6 Å². The predicted molar refractivity (Wildman–Crippen MR) is 134 cm³/mol. The number of hydrogen-bond acceptors (Lipinski definition) is 4. The van der Waals surface area contributed by atoms with E-state index in [9.17, 15) is 4.79 Å². The summed E-state index contributed by atoms with van der Waals surface area (Å²) in [5.41, 5.74) is 7.38. The summed E-state index contributed by atoms with van der Waals surface area (Å²) in [5.74, 6) is -0.160. The van der Waals surface area contributed by atoms with E-state index in [-0.39, 0.29) is 11.4 Å². The first kappa shape index (κ1) is 21.7. The summed E-state index contributed by atoms with van der Waals surface area (Å²) in [7, 11) is 2.08. The lowest BCUT2D eigenvalue weighted by Gasteiger charge is -2.40. The number of anilines is 1. The summed E-state index contributed by atoms with van der Waals surface area (Å²) in [4.78, 5) is 20.0. The van der Waals surface area contributed by atoms with Gasteiger partial charge < -0.3 is 10.2 Å². The summed E-state index contributed by atoms with van der Waals surface area (Å²) < 4.78 is 0. The molecule has 0 saturated carbocycles. The third-order valence-corrected chi connectivity index (χ3v) is 7.23. The van der Waals surface area contributed by atoms with Gasteiger partial charge in [0.2, 0.25) is 0 Å². The number of carbonyl (C=O) groups excluding carboxylic acids is 1. The maximum Gasteiger partial charge on any atom is 0.264 e. The Bertz CT molecular complexity index is 1190. The average molecular weight is 452 g/mol. The smallest absolute Gasteiger partial charge is 0.264 e. The van der Waals surface area contributed by atoms with Gasteiger partial charge in [-0.2, -0.15) is 0 Å². The first-order chi connectivity index (χ1) is 14.5. The molecule has 160 valence electrons. The van der Waals surface area contributed by atoms with E-state index in [2.05, 4.69) is 69.0 Å². The highest BCUT2D eigenvalue weighted by molar-refractivity contribution is 8.18. The van der Waals surface area contributed by atoms with Gasteiger partial charge in [-0.3, -0.25) is 4.79 Å². The van der Waals surface area contributed by atoms with Crippen LogP contribution in [0.5, 0.6) is 0 Å². The second-order valence-corrected chi connectivity index (χ2v) is 10.1. The maximum atomic E-state index is 12.6. The zero-order chi connectivity index (χ0) is 22.5. The van der Waals surface area contributed by atoms with Gasteiger partial charge in [-0.1, -0.05) is 23.7 Å². The molecule has 2 aliphatic heterocycles. The number of fused-ring (bicyclic) bond motifs is 1. The van der Waals surface area contributed by atoms with Crippen LogP contribution < -0.4 is 10.2 Å². The quantitative estimate of drug-likeness (QED) is 0.531. The number of aryl methyl sites for hydroxylation is 2. The van der Waals surface area contributed by atoms with E-state index in [0.717, 1.165) is 22.5 Å². The minimum atomic E-state index is -0.160. The third kappa shape index (κ3) is 4.17. The van der Waals surface area contributed by atoms with Gasteiger partial charge in [-0.25, -0.2) is 4.99 Å². The number of allylic oxidation sites excluding steroid dienone is 1. The van der Waals surface area contributed by atoms with Gasteiger partial charge in [0.1, 0.15) is 0 Å². The summed E-state index contributed by atoms with van der Waals surface area (Å²) >= 11 is 7.96. The standard InChI is InChI=1S/C25H26ClN3OS/c1-14-7-8-18(9-15(14)2)27-24-28-23(30)22(31-24)11-17-10-19-16(3)13-25(4,5)29(6)21(19)12-20(17)26/h7-13H,1-6H3,(H,27,28,30)/b22-11+. The molecule has 6 heteroatoms. The van der Waals surface area contributed by atoms with Gasteiger partial charge in [0.15, 0.2) is 5.17 Å². The van der Waals surface area contributed by atoms with Crippen molar-refractivity contribution < 1.29 is 4.79 Å². The number of likely N-dealkylation sites (N-methyl/N-ethyl adjacent to an activating group) is 1. The van der Waals surface area contributed by atoms with Crippen molar-refractivity contribution in [2.75, 3.05) is 11.9 Å². The lowest BCUT2D eigenvalue weighted by molar-refractivity contribution is -0.115. The number of aliphatic imine (C=N–C) groups is 1. The van der Waals surface area contributed by atoms with Crippen LogP contribution in [-0.2, 0) is 4.79 Å². The number of amides is 1. The van der Waals surface area contributed by atoms with Gasteiger partial charge in [-0.15, -0.1) is 0 Å². The second-order valence-electron chi connectivity index (χ2n) is 8.68. The molecule has 0 radical (unpaired) electrons. The van der Waals surface area contributed by atoms with Crippen molar-refractivity contribution in [3.63, 3.8) is 0 Å². The molecule has 1 saturated heterocycles. The summed E-state index contributed by atoms with van der Waals surface area (Å²) in [6, 6.07) is 10.1. The molecule has 2 aromatic rings. The van der Waals surface area contributed by atoms with Crippen LogP contribution in [0.4, 0.5) is 11.4 Å². The number of amidine groups is 1. The highest BCUT2D eigenvalue weighted by atomic mass is 35.5. The molecule has 2 aliphatic rings. The minimum Gasteiger partial charge on any atom is -0.365 e. The Kier molecular flexibility index (Phi) is 5.52. The topological polar surface area (TPSA) is 44.7 Å². The first-order valence-corrected chi connectivity index (χ1v) is 11.4. The van der Waals surface area contributed by atoms with Crippen molar-refractivity contribution in [3.8, 4) is 0 Å². The number of halogens is 1. The van der Waals surface area contributed by atoms with E-state index in [1.807, 2.05) is 30.3 Å². The number of carbonyl (C=O) groups is 1. The Balaban J connectivity index is 1.66. The molecular weight excluding hydrogens is 426 g/mol. The fraction of sp³-hybridized carbons (Fsp3) is 0.280. The normalized spacial score (nSPS) is 20.2. The molecule has 31 heavy (non-hydrogen) atoms. The van der Waals surface area contributed by atoms with Crippen molar-refractivity contribution in [1.29, 1.82) is 0 Å². The Morgan fingerprint density at radius 1 is 1.13 bits per heavy atom. The molecule has 1 amide bonds. The highest BCUT2D eigenvalue weighted by Crippen LogP contribution is 2.41. The van der Waals surface area contributed by atoms with Crippen LogP contribution >= 0.6 is 23.4 Å². The lowest BCUT2D eigenvalue weighted by atomic mass is 9.88. The van der Waals surface area contributed by atoms with Gasteiger partial charge in [0, 0.05) is 23.3 Å².